The third-order valence-electron chi connectivity index (χ3n) is 3.47. The summed E-state index contributed by atoms with van der Waals surface area (Å²) in [5, 5.41) is 0. The first-order chi connectivity index (χ1) is 9.11. The molecule has 0 N–H and O–H groups in total. The number of aromatic nitrogens is 1. The molecule has 1 heteroatoms. The zero-order chi connectivity index (χ0) is 13.8. The third-order valence-corrected chi connectivity index (χ3v) is 3.47. The SMILES string of the molecule is CC/C=C\c1ncc(-c2ccc(C)c(C)c2)cc1C. The van der Waals surface area contributed by atoms with Gasteiger partial charge in [0.2, 0.25) is 0 Å². The normalized spacial score (nSPS) is 11.2. The molecule has 0 amide bonds. The van der Waals surface area contributed by atoms with Crippen molar-refractivity contribution in [2.45, 2.75) is 34.1 Å². The van der Waals surface area contributed by atoms with Gasteiger partial charge in [-0.05, 0) is 61.6 Å². The molecule has 0 spiro atoms. The van der Waals surface area contributed by atoms with Crippen LogP contribution in [0.25, 0.3) is 17.2 Å². The number of hydrogen-bond donors (Lipinski definition) is 0. The van der Waals surface area contributed by atoms with Gasteiger partial charge in [0.15, 0.2) is 0 Å². The largest absolute Gasteiger partial charge is 0.256 e. The van der Waals surface area contributed by atoms with E-state index in [2.05, 4.69) is 69.1 Å². The van der Waals surface area contributed by atoms with Crippen LogP contribution >= 0.6 is 0 Å². The maximum atomic E-state index is 4.56. The Morgan fingerprint density at radius 1 is 0.947 bits per heavy atom. The number of pyridine rings is 1. The standard InChI is InChI=1S/C18H21N/c1-5-6-7-18-15(4)11-17(12-19-18)16-9-8-13(2)14(3)10-16/h6-12H,5H2,1-4H3/b7-6-. The van der Waals surface area contributed by atoms with Crippen molar-refractivity contribution in [1.29, 1.82) is 0 Å². The van der Waals surface area contributed by atoms with Crippen LogP contribution in [-0.4, -0.2) is 4.98 Å². The number of aryl methyl sites for hydroxylation is 3. The molecule has 1 heterocycles. The van der Waals surface area contributed by atoms with Crippen LogP contribution < -0.4 is 0 Å². The van der Waals surface area contributed by atoms with Gasteiger partial charge in [-0.1, -0.05) is 31.2 Å². The van der Waals surface area contributed by atoms with Crippen LogP contribution in [0, 0.1) is 20.8 Å². The molecule has 0 aliphatic rings. The Morgan fingerprint density at radius 3 is 2.32 bits per heavy atom. The van der Waals surface area contributed by atoms with Crippen LogP contribution in [0.15, 0.2) is 36.5 Å². The Kier molecular flexibility index (Phi) is 4.16. The fourth-order valence-electron chi connectivity index (χ4n) is 2.07. The lowest BCUT2D eigenvalue weighted by Crippen LogP contribution is -1.90. The Balaban J connectivity index is 2.38. The monoisotopic (exact) mass is 251 g/mol. The number of hydrogen-bond acceptors (Lipinski definition) is 1. The van der Waals surface area contributed by atoms with Crippen molar-refractivity contribution in [3.05, 3.63) is 58.9 Å². The topological polar surface area (TPSA) is 12.9 Å². The summed E-state index contributed by atoms with van der Waals surface area (Å²) in [5.74, 6) is 0. The fraction of sp³-hybridized carbons (Fsp3) is 0.278. The van der Waals surface area contributed by atoms with Crippen LogP contribution in [0.5, 0.6) is 0 Å². The summed E-state index contributed by atoms with van der Waals surface area (Å²) in [5.41, 5.74) is 7.37. The molecule has 0 fully saturated rings. The lowest BCUT2D eigenvalue weighted by atomic mass is 10.0. The van der Waals surface area contributed by atoms with Crippen molar-refractivity contribution in [2.24, 2.45) is 0 Å². The van der Waals surface area contributed by atoms with Crippen molar-refractivity contribution in [3.63, 3.8) is 0 Å². The first-order valence-electron chi connectivity index (χ1n) is 6.82. The van der Waals surface area contributed by atoms with Crippen LogP contribution in [0.3, 0.4) is 0 Å². The highest BCUT2D eigenvalue weighted by Crippen LogP contribution is 2.23. The Labute approximate surface area is 116 Å². The molecule has 1 nitrogen and oxygen atoms in total. The van der Waals surface area contributed by atoms with Gasteiger partial charge in [0.05, 0.1) is 5.69 Å². The summed E-state index contributed by atoms with van der Waals surface area (Å²) in [4.78, 5) is 4.56. The fourth-order valence-corrected chi connectivity index (χ4v) is 2.07. The van der Waals surface area contributed by atoms with E-state index in [1.54, 1.807) is 0 Å². The average Bonchev–Trinajstić information content (AvgIpc) is 2.40. The van der Waals surface area contributed by atoms with Crippen LogP contribution in [0.4, 0.5) is 0 Å². The second-order valence-electron chi connectivity index (χ2n) is 5.04. The number of allylic oxidation sites excluding steroid dienone is 1. The van der Waals surface area contributed by atoms with E-state index in [4.69, 9.17) is 0 Å². The highest BCUT2D eigenvalue weighted by molar-refractivity contribution is 5.66. The van der Waals surface area contributed by atoms with Crippen LogP contribution in [0.2, 0.25) is 0 Å². The summed E-state index contributed by atoms with van der Waals surface area (Å²) >= 11 is 0. The summed E-state index contributed by atoms with van der Waals surface area (Å²) in [6, 6.07) is 8.78. The lowest BCUT2D eigenvalue weighted by Gasteiger charge is -2.07. The van der Waals surface area contributed by atoms with Crippen molar-refractivity contribution in [3.8, 4) is 11.1 Å². The molecule has 0 aliphatic heterocycles. The molecule has 19 heavy (non-hydrogen) atoms. The molecule has 0 aliphatic carbocycles. The number of rotatable bonds is 3. The van der Waals surface area contributed by atoms with Crippen LogP contribution in [-0.2, 0) is 0 Å². The van der Waals surface area contributed by atoms with E-state index in [0.717, 1.165) is 12.1 Å². The Morgan fingerprint density at radius 2 is 1.68 bits per heavy atom. The van der Waals surface area contributed by atoms with Gasteiger partial charge in [-0.15, -0.1) is 0 Å². The Bertz CT molecular complexity index is 609. The zero-order valence-electron chi connectivity index (χ0n) is 12.2. The molecular weight excluding hydrogens is 230 g/mol. The van der Waals surface area contributed by atoms with E-state index < -0.39 is 0 Å². The minimum Gasteiger partial charge on any atom is -0.256 e. The summed E-state index contributed by atoms with van der Waals surface area (Å²) < 4.78 is 0. The van der Waals surface area contributed by atoms with Gasteiger partial charge in [0.25, 0.3) is 0 Å². The zero-order valence-corrected chi connectivity index (χ0v) is 12.2. The van der Waals surface area contributed by atoms with Crippen LogP contribution in [0.1, 0.15) is 35.7 Å². The van der Waals surface area contributed by atoms with Crippen molar-refractivity contribution in [2.75, 3.05) is 0 Å². The minimum absolute atomic E-state index is 1.04. The maximum Gasteiger partial charge on any atom is 0.0656 e. The smallest absolute Gasteiger partial charge is 0.0656 e. The van der Waals surface area contributed by atoms with Crippen molar-refractivity contribution in [1.82, 2.24) is 4.98 Å². The van der Waals surface area contributed by atoms with Gasteiger partial charge < -0.3 is 0 Å². The van der Waals surface area contributed by atoms with Gasteiger partial charge in [0, 0.05) is 11.8 Å². The van der Waals surface area contributed by atoms with E-state index in [1.807, 2.05) is 6.20 Å². The van der Waals surface area contributed by atoms with Crippen molar-refractivity contribution >= 4 is 6.08 Å². The molecule has 0 radical (unpaired) electrons. The van der Waals surface area contributed by atoms with Crippen molar-refractivity contribution < 1.29 is 0 Å². The molecule has 0 saturated carbocycles. The first kappa shape index (κ1) is 13.5. The van der Waals surface area contributed by atoms with E-state index in [1.165, 1.54) is 27.8 Å². The molecule has 0 bridgehead atoms. The minimum atomic E-state index is 1.04. The molecule has 2 aromatic rings. The van der Waals surface area contributed by atoms with Gasteiger partial charge in [-0.3, -0.25) is 4.98 Å². The predicted molar refractivity (Wildman–Crippen MR) is 83.2 cm³/mol. The van der Waals surface area contributed by atoms with E-state index in [-0.39, 0.29) is 0 Å². The van der Waals surface area contributed by atoms with E-state index in [9.17, 15) is 0 Å². The van der Waals surface area contributed by atoms with E-state index >= 15 is 0 Å². The second kappa shape index (κ2) is 5.83. The molecule has 0 unspecified atom stereocenters. The van der Waals surface area contributed by atoms with Gasteiger partial charge in [-0.2, -0.15) is 0 Å². The van der Waals surface area contributed by atoms with Gasteiger partial charge >= 0.3 is 0 Å². The average molecular weight is 251 g/mol. The molecule has 98 valence electrons. The lowest BCUT2D eigenvalue weighted by molar-refractivity contribution is 1.20. The first-order valence-corrected chi connectivity index (χ1v) is 6.82. The summed E-state index contributed by atoms with van der Waals surface area (Å²) in [6.07, 6.45) is 7.25. The molecular formula is C18H21N. The predicted octanol–water partition coefficient (Wildman–Crippen LogP) is 5.10. The molecule has 0 atom stereocenters. The Hall–Kier alpha value is -1.89. The van der Waals surface area contributed by atoms with Gasteiger partial charge in [0.1, 0.15) is 0 Å². The number of benzene rings is 1. The highest BCUT2D eigenvalue weighted by Gasteiger charge is 2.03. The van der Waals surface area contributed by atoms with E-state index in [0.29, 0.717) is 0 Å². The molecule has 0 saturated heterocycles. The summed E-state index contributed by atoms with van der Waals surface area (Å²) in [7, 11) is 0. The molecule has 1 aromatic carbocycles. The molecule has 1 aromatic heterocycles. The highest BCUT2D eigenvalue weighted by atomic mass is 14.7. The summed E-state index contributed by atoms with van der Waals surface area (Å²) in [6.45, 7) is 8.54. The number of nitrogens with zero attached hydrogens (tertiary/aromatic N) is 1. The maximum absolute atomic E-state index is 4.56. The molecule has 2 rings (SSSR count). The second-order valence-corrected chi connectivity index (χ2v) is 5.04. The van der Waals surface area contributed by atoms with Gasteiger partial charge in [-0.25, -0.2) is 0 Å². The quantitative estimate of drug-likeness (QED) is 0.739. The third kappa shape index (κ3) is 3.11.